The van der Waals surface area contributed by atoms with Gasteiger partial charge in [-0.05, 0) is 37.6 Å². The molecule has 0 aromatic heterocycles. The molecule has 0 fully saturated rings. The van der Waals surface area contributed by atoms with Gasteiger partial charge in [0, 0.05) is 4.47 Å². The summed E-state index contributed by atoms with van der Waals surface area (Å²) in [5.74, 6) is -0.286. The summed E-state index contributed by atoms with van der Waals surface area (Å²) in [4.78, 5) is 0. The topological polar surface area (TPSA) is 32.3 Å². The lowest BCUT2D eigenvalue weighted by Crippen LogP contribution is -2.43. The van der Waals surface area contributed by atoms with Crippen molar-refractivity contribution in [3.05, 3.63) is 34.1 Å². The third-order valence-electron chi connectivity index (χ3n) is 2.61. The highest BCUT2D eigenvalue weighted by Gasteiger charge is 2.27. The van der Waals surface area contributed by atoms with Crippen molar-refractivity contribution < 1.29 is 9.50 Å². The minimum Gasteiger partial charge on any atom is -0.394 e. The lowest BCUT2D eigenvalue weighted by atomic mass is 9.92. The number of halogens is 2. The van der Waals surface area contributed by atoms with Crippen molar-refractivity contribution in [1.29, 1.82) is 0 Å². The van der Waals surface area contributed by atoms with Gasteiger partial charge >= 0.3 is 0 Å². The Balaban J connectivity index is 3.02. The molecule has 0 saturated carbocycles. The molecule has 2 N–H and O–H groups in total. The predicted molar refractivity (Wildman–Crippen MR) is 66.8 cm³/mol. The van der Waals surface area contributed by atoms with E-state index >= 15 is 0 Å². The van der Waals surface area contributed by atoms with E-state index in [1.165, 1.54) is 12.1 Å². The Morgan fingerprint density at radius 2 is 2.19 bits per heavy atom. The highest BCUT2D eigenvalue weighted by molar-refractivity contribution is 9.10. The van der Waals surface area contributed by atoms with E-state index in [2.05, 4.69) is 28.2 Å². The van der Waals surface area contributed by atoms with E-state index in [4.69, 9.17) is 0 Å². The summed E-state index contributed by atoms with van der Waals surface area (Å²) < 4.78 is 13.7. The van der Waals surface area contributed by atoms with Gasteiger partial charge in [-0.25, -0.2) is 4.39 Å². The third-order valence-corrected chi connectivity index (χ3v) is 3.26. The van der Waals surface area contributed by atoms with Crippen molar-refractivity contribution in [2.45, 2.75) is 25.8 Å². The highest BCUT2D eigenvalue weighted by atomic mass is 79.9. The number of benzene rings is 1. The molecule has 0 radical (unpaired) electrons. The second-order valence-electron chi connectivity index (χ2n) is 4.04. The first-order valence-corrected chi connectivity index (χ1v) is 6.14. The van der Waals surface area contributed by atoms with Crippen LogP contribution in [0, 0.1) is 5.82 Å². The first kappa shape index (κ1) is 13.6. The van der Waals surface area contributed by atoms with E-state index in [0.717, 1.165) is 18.5 Å². The molecule has 16 heavy (non-hydrogen) atoms. The molecule has 1 aromatic carbocycles. The quantitative estimate of drug-likeness (QED) is 0.874. The van der Waals surface area contributed by atoms with E-state index in [-0.39, 0.29) is 12.4 Å². The molecule has 0 heterocycles. The largest absolute Gasteiger partial charge is 0.394 e. The number of aliphatic hydroxyl groups excluding tert-OH is 1. The van der Waals surface area contributed by atoms with E-state index in [9.17, 15) is 9.50 Å². The van der Waals surface area contributed by atoms with Crippen molar-refractivity contribution in [1.82, 2.24) is 5.32 Å². The Hall–Kier alpha value is -0.450. The normalized spacial score (nSPS) is 14.8. The minimum atomic E-state index is -0.539. The fourth-order valence-electron chi connectivity index (χ4n) is 1.57. The molecule has 0 aliphatic rings. The molecule has 90 valence electrons. The second-order valence-corrected chi connectivity index (χ2v) is 4.90. The molecule has 1 rings (SSSR count). The van der Waals surface area contributed by atoms with Crippen LogP contribution in [0.1, 0.15) is 25.8 Å². The molecule has 1 unspecified atom stereocenters. The van der Waals surface area contributed by atoms with Crippen LogP contribution >= 0.6 is 15.9 Å². The average Bonchev–Trinajstić information content (AvgIpc) is 2.26. The molecule has 0 amide bonds. The first-order valence-electron chi connectivity index (χ1n) is 5.35. The first-order chi connectivity index (χ1) is 7.53. The number of aliphatic hydroxyl groups is 1. The summed E-state index contributed by atoms with van der Waals surface area (Å²) in [7, 11) is 0. The van der Waals surface area contributed by atoms with Crippen LogP contribution in [0.5, 0.6) is 0 Å². The molecule has 0 bridgehead atoms. The second kappa shape index (κ2) is 5.75. The van der Waals surface area contributed by atoms with Gasteiger partial charge in [-0.3, -0.25) is 0 Å². The smallest absolute Gasteiger partial charge is 0.124 e. The van der Waals surface area contributed by atoms with Gasteiger partial charge in [0.15, 0.2) is 0 Å². The summed E-state index contributed by atoms with van der Waals surface area (Å²) in [6.45, 7) is 4.74. The van der Waals surface area contributed by atoms with Gasteiger partial charge in [0.25, 0.3) is 0 Å². The van der Waals surface area contributed by atoms with Crippen molar-refractivity contribution in [3.63, 3.8) is 0 Å². The minimum absolute atomic E-state index is 0.0305. The van der Waals surface area contributed by atoms with Crippen LogP contribution in [0.25, 0.3) is 0 Å². The molecule has 0 aliphatic carbocycles. The molecule has 2 nitrogen and oxygen atoms in total. The Morgan fingerprint density at radius 3 is 2.69 bits per heavy atom. The number of nitrogens with one attached hydrogen (secondary N) is 1. The Labute approximate surface area is 104 Å². The Bertz CT molecular complexity index is 359. The summed E-state index contributed by atoms with van der Waals surface area (Å²) in [6.07, 6.45) is 0.981. The molecule has 1 aromatic rings. The lowest BCUT2D eigenvalue weighted by Gasteiger charge is -2.30. The lowest BCUT2D eigenvalue weighted by molar-refractivity contribution is 0.175. The monoisotopic (exact) mass is 289 g/mol. The molecular formula is C12H17BrFNO. The molecule has 4 heteroatoms. The fraction of sp³-hybridized carbons (Fsp3) is 0.500. The fourth-order valence-corrected chi connectivity index (χ4v) is 2.36. The number of hydrogen-bond acceptors (Lipinski definition) is 2. The third kappa shape index (κ3) is 3.03. The van der Waals surface area contributed by atoms with Gasteiger partial charge in [0.1, 0.15) is 5.82 Å². The van der Waals surface area contributed by atoms with Crippen LogP contribution < -0.4 is 5.32 Å². The van der Waals surface area contributed by atoms with Crippen LogP contribution in [0.2, 0.25) is 0 Å². The molecular weight excluding hydrogens is 273 g/mol. The van der Waals surface area contributed by atoms with Gasteiger partial charge in [-0.2, -0.15) is 0 Å². The van der Waals surface area contributed by atoms with Crippen molar-refractivity contribution >= 4 is 15.9 Å². The SMILES string of the molecule is CCCNC(C)(CO)c1ccc(F)cc1Br. The summed E-state index contributed by atoms with van der Waals surface area (Å²) >= 11 is 3.32. The van der Waals surface area contributed by atoms with E-state index in [0.29, 0.717) is 4.47 Å². The zero-order valence-corrected chi connectivity index (χ0v) is 11.1. The highest BCUT2D eigenvalue weighted by Crippen LogP contribution is 2.28. The van der Waals surface area contributed by atoms with Crippen LogP contribution in [-0.2, 0) is 5.54 Å². The van der Waals surface area contributed by atoms with Gasteiger partial charge in [0.05, 0.1) is 12.1 Å². The van der Waals surface area contributed by atoms with E-state index < -0.39 is 5.54 Å². The number of hydrogen-bond donors (Lipinski definition) is 2. The van der Waals surface area contributed by atoms with E-state index in [1.54, 1.807) is 6.07 Å². The van der Waals surface area contributed by atoms with Crippen molar-refractivity contribution in [2.75, 3.05) is 13.2 Å². The zero-order valence-electron chi connectivity index (χ0n) is 9.56. The van der Waals surface area contributed by atoms with Crippen LogP contribution in [-0.4, -0.2) is 18.3 Å². The van der Waals surface area contributed by atoms with Gasteiger partial charge < -0.3 is 10.4 Å². The molecule has 0 aliphatic heterocycles. The van der Waals surface area contributed by atoms with Crippen molar-refractivity contribution in [2.24, 2.45) is 0 Å². The van der Waals surface area contributed by atoms with Gasteiger partial charge in [0.2, 0.25) is 0 Å². The molecule has 0 spiro atoms. The average molecular weight is 290 g/mol. The zero-order chi connectivity index (χ0) is 12.2. The maximum Gasteiger partial charge on any atom is 0.124 e. The number of rotatable bonds is 5. The molecule has 1 atom stereocenters. The Morgan fingerprint density at radius 1 is 1.50 bits per heavy atom. The summed E-state index contributed by atoms with van der Waals surface area (Å²) in [6, 6.07) is 4.51. The maximum absolute atomic E-state index is 13.0. The maximum atomic E-state index is 13.0. The standard InChI is InChI=1S/C12H17BrFNO/c1-3-6-15-12(2,8-16)10-5-4-9(14)7-11(10)13/h4-5,7,15-16H,3,6,8H2,1-2H3. The van der Waals surface area contributed by atoms with Gasteiger partial charge in [-0.15, -0.1) is 0 Å². The van der Waals surface area contributed by atoms with Crippen LogP contribution in [0.15, 0.2) is 22.7 Å². The molecule has 0 saturated heterocycles. The van der Waals surface area contributed by atoms with Crippen LogP contribution in [0.4, 0.5) is 4.39 Å². The van der Waals surface area contributed by atoms with Gasteiger partial charge in [-0.1, -0.05) is 28.9 Å². The summed E-state index contributed by atoms with van der Waals surface area (Å²) in [5, 5.41) is 12.8. The summed E-state index contributed by atoms with van der Waals surface area (Å²) in [5.41, 5.74) is 0.326. The van der Waals surface area contributed by atoms with Crippen LogP contribution in [0.3, 0.4) is 0 Å². The van der Waals surface area contributed by atoms with Crippen molar-refractivity contribution in [3.8, 4) is 0 Å². The van der Waals surface area contributed by atoms with E-state index in [1.807, 2.05) is 6.92 Å². The Kier molecular flexibility index (Phi) is 4.89. The predicted octanol–water partition coefficient (Wildman–Crippen LogP) is 2.80.